The van der Waals surface area contributed by atoms with Crippen LogP contribution in [0.2, 0.25) is 0 Å². The molecule has 4 heteroatoms. The van der Waals surface area contributed by atoms with Crippen LogP contribution in [0.25, 0.3) is 6.08 Å². The maximum Gasteiger partial charge on any atom is 0.281 e. The third kappa shape index (κ3) is 3.82. The van der Waals surface area contributed by atoms with E-state index in [4.69, 9.17) is 4.84 Å². The molecule has 1 rings (SSSR count). The van der Waals surface area contributed by atoms with Gasteiger partial charge in [0.2, 0.25) is 6.29 Å². The van der Waals surface area contributed by atoms with Gasteiger partial charge in [0.15, 0.2) is 0 Å². The monoisotopic (exact) mass is 246 g/mol. The summed E-state index contributed by atoms with van der Waals surface area (Å²) in [5.41, 5.74) is 0.730. The fraction of sp³-hybridized carbons (Fsp3) is 0.286. The standard InChI is InChI=1S/C14H16NO3/c1-3-15(18-4-2)14(17)13(11-16)10-12-8-6-5-7-9-12/h5-10H,3-4H2,1-2H3. The summed E-state index contributed by atoms with van der Waals surface area (Å²) < 4.78 is 0. The second-order valence-corrected chi connectivity index (χ2v) is 3.49. The zero-order valence-corrected chi connectivity index (χ0v) is 10.6. The van der Waals surface area contributed by atoms with Gasteiger partial charge in [0.25, 0.3) is 5.91 Å². The van der Waals surface area contributed by atoms with Crippen molar-refractivity contribution in [2.45, 2.75) is 13.8 Å². The lowest BCUT2D eigenvalue weighted by Crippen LogP contribution is -2.32. The number of carbonyl (C=O) groups is 1. The van der Waals surface area contributed by atoms with Gasteiger partial charge in [-0.05, 0) is 25.5 Å². The summed E-state index contributed by atoms with van der Waals surface area (Å²) in [5.74, 6) is -0.474. The van der Waals surface area contributed by atoms with Crippen LogP contribution >= 0.6 is 0 Å². The largest absolute Gasteiger partial charge is 0.285 e. The third-order valence-corrected chi connectivity index (χ3v) is 2.25. The van der Waals surface area contributed by atoms with Gasteiger partial charge in [-0.2, -0.15) is 0 Å². The molecule has 0 atom stereocenters. The van der Waals surface area contributed by atoms with Crippen LogP contribution in [0, 0.1) is 0 Å². The van der Waals surface area contributed by atoms with Crippen molar-refractivity contribution in [3.05, 3.63) is 41.5 Å². The van der Waals surface area contributed by atoms with Crippen molar-refractivity contribution in [2.75, 3.05) is 13.2 Å². The number of benzene rings is 1. The van der Waals surface area contributed by atoms with Crippen molar-refractivity contribution >= 4 is 18.3 Å². The Balaban J connectivity index is 2.92. The minimum atomic E-state index is -0.474. The van der Waals surface area contributed by atoms with Crippen LogP contribution in [0.15, 0.2) is 35.9 Å². The van der Waals surface area contributed by atoms with E-state index in [1.807, 2.05) is 30.3 Å². The molecule has 0 N–H and O–H groups in total. The average molecular weight is 246 g/mol. The molecule has 0 aliphatic carbocycles. The van der Waals surface area contributed by atoms with Gasteiger partial charge in [-0.1, -0.05) is 30.3 Å². The van der Waals surface area contributed by atoms with Gasteiger partial charge in [0.05, 0.1) is 12.2 Å². The molecule has 0 bridgehead atoms. The van der Waals surface area contributed by atoms with E-state index < -0.39 is 5.91 Å². The van der Waals surface area contributed by atoms with E-state index in [0.29, 0.717) is 13.2 Å². The second kappa shape index (κ2) is 7.40. The van der Waals surface area contributed by atoms with Crippen LogP contribution < -0.4 is 0 Å². The fourth-order valence-corrected chi connectivity index (χ4v) is 1.43. The van der Waals surface area contributed by atoms with Crippen LogP contribution in [-0.2, 0) is 14.4 Å². The Labute approximate surface area is 107 Å². The molecule has 0 spiro atoms. The second-order valence-electron chi connectivity index (χ2n) is 3.49. The highest BCUT2D eigenvalue weighted by atomic mass is 16.7. The molecule has 1 radical (unpaired) electrons. The SMILES string of the molecule is CCON(CC)C(=O)C([C]=O)=Cc1ccccc1. The Hall–Kier alpha value is -1.94. The van der Waals surface area contributed by atoms with Gasteiger partial charge in [0.1, 0.15) is 0 Å². The van der Waals surface area contributed by atoms with Crippen molar-refractivity contribution in [3.63, 3.8) is 0 Å². The molecule has 0 saturated carbocycles. The minimum absolute atomic E-state index is 0.0449. The minimum Gasteiger partial charge on any atom is -0.285 e. The summed E-state index contributed by atoms with van der Waals surface area (Å²) in [7, 11) is 0. The van der Waals surface area contributed by atoms with E-state index in [1.54, 1.807) is 20.1 Å². The number of hydrogen-bond donors (Lipinski definition) is 0. The molecule has 0 fully saturated rings. The number of carbonyl (C=O) groups excluding carboxylic acids is 2. The van der Waals surface area contributed by atoms with Crippen LogP contribution in [-0.4, -0.2) is 30.4 Å². The molecule has 0 saturated heterocycles. The topological polar surface area (TPSA) is 46.6 Å². The number of hydroxylamine groups is 2. The normalized spacial score (nSPS) is 11.1. The highest BCUT2D eigenvalue weighted by Crippen LogP contribution is 2.08. The van der Waals surface area contributed by atoms with Crippen molar-refractivity contribution in [2.24, 2.45) is 0 Å². The maximum atomic E-state index is 12.0. The first-order chi connectivity index (χ1) is 8.72. The summed E-state index contributed by atoms with van der Waals surface area (Å²) in [6.07, 6.45) is 3.16. The van der Waals surface area contributed by atoms with E-state index in [-0.39, 0.29) is 5.57 Å². The highest BCUT2D eigenvalue weighted by molar-refractivity contribution is 6.14. The number of amides is 1. The van der Waals surface area contributed by atoms with E-state index >= 15 is 0 Å². The Bertz CT molecular complexity index is 426. The predicted molar refractivity (Wildman–Crippen MR) is 69.1 cm³/mol. The summed E-state index contributed by atoms with van der Waals surface area (Å²) in [6, 6.07) is 9.14. The zero-order chi connectivity index (χ0) is 13.4. The Morgan fingerprint density at radius 1 is 1.33 bits per heavy atom. The van der Waals surface area contributed by atoms with E-state index in [1.165, 1.54) is 6.08 Å². The van der Waals surface area contributed by atoms with Crippen LogP contribution in [0.3, 0.4) is 0 Å². The predicted octanol–water partition coefficient (Wildman–Crippen LogP) is 1.98. The van der Waals surface area contributed by atoms with Gasteiger partial charge in [-0.3, -0.25) is 14.4 Å². The Morgan fingerprint density at radius 3 is 2.50 bits per heavy atom. The van der Waals surface area contributed by atoms with Crippen LogP contribution in [0.5, 0.6) is 0 Å². The first-order valence-corrected chi connectivity index (χ1v) is 5.82. The third-order valence-electron chi connectivity index (χ3n) is 2.25. The molecule has 4 nitrogen and oxygen atoms in total. The summed E-state index contributed by atoms with van der Waals surface area (Å²) in [4.78, 5) is 28.0. The molecule has 18 heavy (non-hydrogen) atoms. The van der Waals surface area contributed by atoms with E-state index in [9.17, 15) is 9.59 Å². The van der Waals surface area contributed by atoms with Crippen molar-refractivity contribution in [3.8, 4) is 0 Å². The van der Waals surface area contributed by atoms with E-state index in [0.717, 1.165) is 10.6 Å². The molecule has 0 unspecified atom stereocenters. The van der Waals surface area contributed by atoms with E-state index in [2.05, 4.69) is 0 Å². The number of rotatable bonds is 6. The van der Waals surface area contributed by atoms with Crippen molar-refractivity contribution in [1.82, 2.24) is 5.06 Å². The number of likely N-dealkylation sites (N-methyl/N-ethyl adjacent to an activating group) is 1. The number of nitrogens with zero attached hydrogens (tertiary/aromatic N) is 1. The molecule has 95 valence electrons. The zero-order valence-electron chi connectivity index (χ0n) is 10.6. The quantitative estimate of drug-likeness (QED) is 0.334. The molecule has 0 heterocycles. The molecule has 0 aliphatic heterocycles. The molecule has 1 aromatic carbocycles. The maximum absolute atomic E-state index is 12.0. The lowest BCUT2D eigenvalue weighted by atomic mass is 10.1. The first kappa shape index (κ1) is 14.1. The van der Waals surface area contributed by atoms with Crippen molar-refractivity contribution in [1.29, 1.82) is 0 Å². The molecular formula is C14H16NO3. The molecule has 1 aromatic rings. The summed E-state index contributed by atoms with van der Waals surface area (Å²) >= 11 is 0. The summed E-state index contributed by atoms with van der Waals surface area (Å²) in [6.45, 7) is 4.30. The fourth-order valence-electron chi connectivity index (χ4n) is 1.43. The van der Waals surface area contributed by atoms with Gasteiger partial charge >= 0.3 is 0 Å². The highest BCUT2D eigenvalue weighted by Gasteiger charge is 2.17. The first-order valence-electron chi connectivity index (χ1n) is 5.82. The van der Waals surface area contributed by atoms with Gasteiger partial charge < -0.3 is 0 Å². The lowest BCUT2D eigenvalue weighted by Gasteiger charge is -2.18. The lowest BCUT2D eigenvalue weighted by molar-refractivity contribution is -0.178. The van der Waals surface area contributed by atoms with Crippen LogP contribution in [0.4, 0.5) is 0 Å². The average Bonchev–Trinajstić information content (AvgIpc) is 2.42. The molecule has 1 amide bonds. The number of hydrogen-bond acceptors (Lipinski definition) is 3. The van der Waals surface area contributed by atoms with Gasteiger partial charge in [0, 0.05) is 6.54 Å². The molecular weight excluding hydrogens is 230 g/mol. The Morgan fingerprint density at radius 2 is 2.00 bits per heavy atom. The van der Waals surface area contributed by atoms with Gasteiger partial charge in [-0.25, -0.2) is 5.06 Å². The van der Waals surface area contributed by atoms with Crippen molar-refractivity contribution < 1.29 is 14.4 Å². The smallest absolute Gasteiger partial charge is 0.281 e. The summed E-state index contributed by atoms with van der Waals surface area (Å²) in [5, 5.41) is 1.15. The van der Waals surface area contributed by atoms with Gasteiger partial charge in [-0.15, -0.1) is 0 Å². The Kier molecular flexibility index (Phi) is 5.80. The van der Waals surface area contributed by atoms with Crippen LogP contribution in [0.1, 0.15) is 19.4 Å². The molecule has 0 aromatic heterocycles. The molecule has 0 aliphatic rings.